The van der Waals surface area contributed by atoms with Crippen LogP contribution in [0.15, 0.2) is 36.1 Å². The van der Waals surface area contributed by atoms with Gasteiger partial charge in [-0.15, -0.1) is 11.3 Å². The molecule has 3 aromatic rings. The number of hydrogen-bond donors (Lipinski definition) is 1. The number of carbonyl (C=O) groups excluding carboxylic acids is 1. The number of thiazole rings is 1. The van der Waals surface area contributed by atoms with Gasteiger partial charge >= 0.3 is 0 Å². The molecule has 0 spiro atoms. The first-order chi connectivity index (χ1) is 14.6. The zero-order chi connectivity index (χ0) is 20.5. The van der Waals surface area contributed by atoms with Gasteiger partial charge in [0.1, 0.15) is 6.17 Å². The van der Waals surface area contributed by atoms with Crippen molar-refractivity contribution in [2.45, 2.75) is 31.9 Å². The lowest BCUT2D eigenvalue weighted by Crippen LogP contribution is -2.50. The van der Waals surface area contributed by atoms with E-state index in [2.05, 4.69) is 25.2 Å². The minimum absolute atomic E-state index is 0.000756. The Morgan fingerprint density at radius 3 is 2.77 bits per heavy atom. The quantitative estimate of drug-likeness (QED) is 0.665. The Hall–Kier alpha value is -2.45. The summed E-state index contributed by atoms with van der Waals surface area (Å²) in [5.41, 5.74) is 3.66. The zero-order valence-corrected chi connectivity index (χ0v) is 17.4. The van der Waals surface area contributed by atoms with E-state index in [0.717, 1.165) is 53.6 Å². The Labute approximate surface area is 178 Å². The zero-order valence-electron chi connectivity index (χ0n) is 16.6. The van der Waals surface area contributed by atoms with Crippen LogP contribution in [0.2, 0.25) is 0 Å². The summed E-state index contributed by atoms with van der Waals surface area (Å²) in [6.45, 7) is 2.11. The van der Waals surface area contributed by atoms with E-state index in [1.54, 1.807) is 23.0 Å². The molecule has 0 unspecified atom stereocenters. The molecule has 0 radical (unpaired) electrons. The van der Waals surface area contributed by atoms with Gasteiger partial charge in [-0.2, -0.15) is 0 Å². The third-order valence-electron chi connectivity index (χ3n) is 6.18. The topological polar surface area (TPSA) is 71.0 Å². The highest BCUT2D eigenvalue weighted by Crippen LogP contribution is 2.31. The Morgan fingerprint density at radius 1 is 1.20 bits per heavy atom. The molecule has 30 heavy (non-hydrogen) atoms. The summed E-state index contributed by atoms with van der Waals surface area (Å²) in [6.07, 6.45) is 6.71. The number of rotatable bonds is 5. The van der Waals surface area contributed by atoms with Gasteiger partial charge in [0.2, 0.25) is 11.9 Å². The van der Waals surface area contributed by atoms with Crippen molar-refractivity contribution in [2.75, 3.05) is 25.0 Å². The standard InChI is InChI=1S/C22H24FN5OS/c23-18-11-28(12-18)10-14-1-3-15(4-2-14)21(29)27-22-25-8-17-6-5-16(7-19(17)26-22)20-9-24-13-30-20/h5-9,13-15,18H,1-4,10-12H2,(H,25,26,27,29). The maximum atomic E-state index is 13.0. The average molecular weight is 426 g/mol. The van der Waals surface area contributed by atoms with Crippen LogP contribution in [0.5, 0.6) is 0 Å². The second-order valence-electron chi connectivity index (χ2n) is 8.36. The van der Waals surface area contributed by atoms with Crippen molar-refractivity contribution < 1.29 is 9.18 Å². The molecule has 1 amide bonds. The highest BCUT2D eigenvalue weighted by atomic mass is 32.1. The van der Waals surface area contributed by atoms with Crippen LogP contribution in [0.3, 0.4) is 0 Å². The summed E-state index contributed by atoms with van der Waals surface area (Å²) in [4.78, 5) is 29.0. The smallest absolute Gasteiger partial charge is 0.229 e. The molecule has 2 fully saturated rings. The van der Waals surface area contributed by atoms with Crippen LogP contribution in [0.1, 0.15) is 25.7 Å². The number of anilines is 1. The fraction of sp³-hybridized carbons (Fsp3) is 0.455. The number of benzene rings is 1. The molecule has 1 N–H and O–H groups in total. The van der Waals surface area contributed by atoms with Gasteiger partial charge in [-0.1, -0.05) is 12.1 Å². The number of nitrogens with one attached hydrogen (secondary N) is 1. The first-order valence-corrected chi connectivity index (χ1v) is 11.3. The molecular formula is C22H24FN5OS. The van der Waals surface area contributed by atoms with Crippen molar-refractivity contribution in [3.05, 3.63) is 36.1 Å². The molecule has 0 bridgehead atoms. The third kappa shape index (κ3) is 4.20. The molecule has 1 saturated carbocycles. The Morgan fingerprint density at radius 2 is 2.03 bits per heavy atom. The fourth-order valence-corrected chi connectivity index (χ4v) is 5.06. The van der Waals surface area contributed by atoms with Gasteiger partial charge in [0.15, 0.2) is 0 Å². The van der Waals surface area contributed by atoms with Crippen molar-refractivity contribution in [1.82, 2.24) is 19.9 Å². The summed E-state index contributed by atoms with van der Waals surface area (Å²) < 4.78 is 13.0. The van der Waals surface area contributed by atoms with Gasteiger partial charge in [-0.25, -0.2) is 14.4 Å². The molecule has 2 aromatic heterocycles. The summed E-state index contributed by atoms with van der Waals surface area (Å²) >= 11 is 1.58. The third-order valence-corrected chi connectivity index (χ3v) is 7.00. The highest BCUT2D eigenvalue weighted by molar-refractivity contribution is 7.13. The molecule has 156 valence electrons. The normalized spacial score (nSPS) is 22.7. The lowest BCUT2D eigenvalue weighted by atomic mass is 9.81. The molecule has 3 heterocycles. The van der Waals surface area contributed by atoms with Crippen molar-refractivity contribution in [3.8, 4) is 10.4 Å². The van der Waals surface area contributed by atoms with Crippen LogP contribution in [-0.4, -0.2) is 51.6 Å². The fourth-order valence-electron chi connectivity index (χ4n) is 4.44. The second-order valence-corrected chi connectivity index (χ2v) is 9.24. The van der Waals surface area contributed by atoms with Gasteiger partial charge in [0, 0.05) is 43.3 Å². The number of carbonyl (C=O) groups is 1. The molecule has 1 aromatic carbocycles. The van der Waals surface area contributed by atoms with E-state index in [-0.39, 0.29) is 11.8 Å². The largest absolute Gasteiger partial charge is 0.297 e. The monoisotopic (exact) mass is 425 g/mol. The molecule has 2 aliphatic rings. The van der Waals surface area contributed by atoms with Gasteiger partial charge in [-0.05, 0) is 43.2 Å². The summed E-state index contributed by atoms with van der Waals surface area (Å²) in [6, 6.07) is 6.02. The number of nitrogens with zero attached hydrogens (tertiary/aromatic N) is 4. The number of hydrogen-bond acceptors (Lipinski definition) is 6. The van der Waals surface area contributed by atoms with Crippen molar-refractivity contribution in [1.29, 1.82) is 0 Å². The number of likely N-dealkylation sites (tertiary alicyclic amines) is 1. The predicted molar refractivity (Wildman–Crippen MR) is 116 cm³/mol. The van der Waals surface area contributed by atoms with Crippen LogP contribution in [0.25, 0.3) is 21.3 Å². The highest BCUT2D eigenvalue weighted by Gasteiger charge is 2.31. The van der Waals surface area contributed by atoms with Crippen LogP contribution in [-0.2, 0) is 4.79 Å². The summed E-state index contributed by atoms with van der Waals surface area (Å²) in [7, 11) is 0. The van der Waals surface area contributed by atoms with Gasteiger partial charge in [-0.3, -0.25) is 20.0 Å². The average Bonchev–Trinajstić information content (AvgIpc) is 3.27. The first-order valence-electron chi connectivity index (χ1n) is 10.5. The summed E-state index contributed by atoms with van der Waals surface area (Å²) in [5, 5.41) is 3.84. The molecule has 0 atom stereocenters. The van der Waals surface area contributed by atoms with Crippen molar-refractivity contribution in [3.63, 3.8) is 0 Å². The van der Waals surface area contributed by atoms with E-state index in [0.29, 0.717) is 25.0 Å². The van der Waals surface area contributed by atoms with E-state index < -0.39 is 6.17 Å². The summed E-state index contributed by atoms with van der Waals surface area (Å²) in [5.74, 6) is 0.919. The molecular weight excluding hydrogens is 401 g/mol. The second kappa shape index (κ2) is 8.35. The van der Waals surface area contributed by atoms with Crippen LogP contribution < -0.4 is 5.32 Å². The number of alkyl halides is 1. The van der Waals surface area contributed by atoms with Crippen molar-refractivity contribution in [2.24, 2.45) is 11.8 Å². The Kier molecular flexibility index (Phi) is 5.43. The maximum absolute atomic E-state index is 13.0. The Bertz CT molecular complexity index is 1030. The van der Waals surface area contributed by atoms with E-state index in [9.17, 15) is 9.18 Å². The minimum atomic E-state index is -0.646. The lowest BCUT2D eigenvalue weighted by molar-refractivity contribution is -0.121. The van der Waals surface area contributed by atoms with Gasteiger partial charge < -0.3 is 0 Å². The van der Waals surface area contributed by atoms with Crippen LogP contribution in [0.4, 0.5) is 10.3 Å². The maximum Gasteiger partial charge on any atom is 0.229 e. The number of fused-ring (bicyclic) bond motifs is 1. The van der Waals surface area contributed by atoms with E-state index >= 15 is 0 Å². The van der Waals surface area contributed by atoms with Crippen molar-refractivity contribution >= 4 is 34.1 Å². The number of halogens is 1. The SMILES string of the molecule is O=C(Nc1ncc2ccc(-c3cncs3)cc2n1)C1CCC(CN2CC(F)C2)CC1. The molecule has 5 rings (SSSR count). The Balaban J connectivity index is 1.20. The number of aromatic nitrogens is 3. The molecule has 8 heteroatoms. The first kappa shape index (κ1) is 19.5. The molecule has 1 saturated heterocycles. The van der Waals surface area contributed by atoms with Crippen LogP contribution >= 0.6 is 11.3 Å². The van der Waals surface area contributed by atoms with Gasteiger partial charge in [0.25, 0.3) is 0 Å². The molecule has 6 nitrogen and oxygen atoms in total. The molecule has 1 aliphatic heterocycles. The van der Waals surface area contributed by atoms with E-state index in [1.165, 1.54) is 0 Å². The predicted octanol–water partition coefficient (Wildman–Crippen LogP) is 4.15. The molecule has 1 aliphatic carbocycles. The van der Waals surface area contributed by atoms with E-state index in [1.807, 2.05) is 24.4 Å². The number of amides is 1. The van der Waals surface area contributed by atoms with Crippen LogP contribution in [0, 0.1) is 11.8 Å². The minimum Gasteiger partial charge on any atom is -0.297 e. The van der Waals surface area contributed by atoms with E-state index in [4.69, 9.17) is 0 Å². The lowest BCUT2D eigenvalue weighted by Gasteiger charge is -2.38. The van der Waals surface area contributed by atoms with Gasteiger partial charge in [0.05, 0.1) is 15.9 Å².